The molecule has 0 aliphatic heterocycles. The topological polar surface area (TPSA) is 26.3 Å². The van der Waals surface area contributed by atoms with Crippen LogP contribution in [0.4, 0.5) is 0 Å². The van der Waals surface area contributed by atoms with E-state index in [2.05, 4.69) is 12.6 Å². The molecule has 0 saturated heterocycles. The number of carbonyl (C=O) groups is 1. The van der Waals surface area contributed by atoms with Gasteiger partial charge >= 0.3 is 5.97 Å². The van der Waals surface area contributed by atoms with Gasteiger partial charge in [0.25, 0.3) is 0 Å². The maximum Gasteiger partial charge on any atom is 0.306 e. The maximum absolute atomic E-state index is 10.5. The molecule has 0 aromatic rings. The fraction of sp³-hybridized carbons (Fsp3) is 0.833. The molecule has 0 heterocycles. The van der Waals surface area contributed by atoms with E-state index in [1.807, 2.05) is 6.92 Å². The van der Waals surface area contributed by atoms with Gasteiger partial charge in [-0.2, -0.15) is 0 Å². The van der Waals surface area contributed by atoms with Crippen molar-refractivity contribution in [3.63, 3.8) is 0 Å². The lowest BCUT2D eigenvalue weighted by molar-refractivity contribution is -0.143. The highest BCUT2D eigenvalue weighted by atomic mass is 32.1. The van der Waals surface area contributed by atoms with Crippen LogP contribution in [0.3, 0.4) is 0 Å². The summed E-state index contributed by atoms with van der Waals surface area (Å²) in [6.45, 7) is 2.48. The molecule has 9 heavy (non-hydrogen) atoms. The van der Waals surface area contributed by atoms with Crippen molar-refractivity contribution in [2.45, 2.75) is 19.8 Å². The molecule has 0 aliphatic carbocycles. The smallest absolute Gasteiger partial charge is 0.306 e. The summed E-state index contributed by atoms with van der Waals surface area (Å²) >= 11 is 4.58. The van der Waals surface area contributed by atoms with Crippen molar-refractivity contribution in [1.29, 1.82) is 0 Å². The van der Waals surface area contributed by atoms with Gasteiger partial charge in [-0.25, -0.2) is 0 Å². The standard InChI is InChI=1S/C6H11O2S/c1-2-4-8-6(7)3-5-9/h2-5H2,1H3. The Hall–Kier alpha value is -0.180. The fourth-order valence-corrected chi connectivity index (χ4v) is 0.538. The van der Waals surface area contributed by atoms with Crippen LogP contribution in [0.1, 0.15) is 19.8 Å². The van der Waals surface area contributed by atoms with Crippen LogP contribution in [-0.2, 0) is 9.53 Å². The number of esters is 1. The third kappa shape index (κ3) is 5.69. The van der Waals surface area contributed by atoms with E-state index in [1.54, 1.807) is 0 Å². The Kier molecular flexibility index (Phi) is 5.83. The molecular formula is C6H11O2S. The van der Waals surface area contributed by atoms with Gasteiger partial charge in [-0.3, -0.25) is 4.79 Å². The Morgan fingerprint density at radius 3 is 2.78 bits per heavy atom. The first kappa shape index (κ1) is 8.82. The van der Waals surface area contributed by atoms with Gasteiger partial charge in [0.2, 0.25) is 0 Å². The van der Waals surface area contributed by atoms with Crippen LogP contribution in [-0.4, -0.2) is 18.3 Å². The molecule has 0 N–H and O–H groups in total. The second kappa shape index (κ2) is 5.95. The van der Waals surface area contributed by atoms with Crippen molar-refractivity contribution in [3.05, 3.63) is 0 Å². The molecule has 0 amide bonds. The van der Waals surface area contributed by atoms with E-state index in [0.29, 0.717) is 18.8 Å². The van der Waals surface area contributed by atoms with Gasteiger partial charge in [0.05, 0.1) is 13.0 Å². The minimum absolute atomic E-state index is 0.174. The number of hydrogen-bond donors (Lipinski definition) is 0. The average molecular weight is 147 g/mol. The third-order valence-electron chi connectivity index (χ3n) is 0.773. The van der Waals surface area contributed by atoms with Crippen molar-refractivity contribution in [2.75, 3.05) is 12.4 Å². The highest BCUT2D eigenvalue weighted by Crippen LogP contribution is 1.89. The summed E-state index contributed by atoms with van der Waals surface area (Å²) in [6, 6.07) is 0. The van der Waals surface area contributed by atoms with E-state index in [0.717, 1.165) is 6.42 Å². The highest BCUT2D eigenvalue weighted by molar-refractivity contribution is 7.80. The summed E-state index contributed by atoms with van der Waals surface area (Å²) in [6.07, 6.45) is 1.25. The zero-order chi connectivity index (χ0) is 7.11. The summed E-state index contributed by atoms with van der Waals surface area (Å²) in [7, 11) is 0. The van der Waals surface area contributed by atoms with Crippen LogP contribution in [0.2, 0.25) is 0 Å². The van der Waals surface area contributed by atoms with E-state index < -0.39 is 0 Å². The van der Waals surface area contributed by atoms with Crippen LogP contribution in [0.15, 0.2) is 0 Å². The Bertz CT molecular complexity index is 83.1. The van der Waals surface area contributed by atoms with E-state index in [1.165, 1.54) is 0 Å². The van der Waals surface area contributed by atoms with E-state index in [-0.39, 0.29) is 5.97 Å². The van der Waals surface area contributed by atoms with Crippen LogP contribution in [0.5, 0.6) is 0 Å². The molecule has 0 aliphatic rings. The summed E-state index contributed by atoms with van der Waals surface area (Å²) in [5, 5.41) is 0. The molecule has 0 saturated carbocycles. The molecule has 0 fully saturated rings. The molecule has 0 atom stereocenters. The van der Waals surface area contributed by atoms with Gasteiger partial charge in [0, 0.05) is 5.75 Å². The second-order valence-corrected chi connectivity index (χ2v) is 2.08. The summed E-state index contributed by atoms with van der Waals surface area (Å²) < 4.78 is 4.73. The normalized spacial score (nSPS) is 9.11. The van der Waals surface area contributed by atoms with Gasteiger partial charge < -0.3 is 4.74 Å². The van der Waals surface area contributed by atoms with Crippen molar-refractivity contribution >= 4 is 18.6 Å². The van der Waals surface area contributed by atoms with E-state index >= 15 is 0 Å². The Morgan fingerprint density at radius 1 is 1.67 bits per heavy atom. The molecule has 2 nitrogen and oxygen atoms in total. The quantitative estimate of drug-likeness (QED) is 0.564. The predicted molar refractivity (Wildman–Crippen MR) is 38.3 cm³/mol. The zero-order valence-electron chi connectivity index (χ0n) is 5.55. The lowest BCUT2D eigenvalue weighted by atomic mass is 10.5. The van der Waals surface area contributed by atoms with Crippen molar-refractivity contribution in [1.82, 2.24) is 0 Å². The Labute approximate surface area is 61.0 Å². The van der Waals surface area contributed by atoms with Crippen molar-refractivity contribution in [2.24, 2.45) is 0 Å². The molecule has 1 radical (unpaired) electrons. The van der Waals surface area contributed by atoms with Crippen LogP contribution in [0.25, 0.3) is 0 Å². The molecule has 3 heteroatoms. The SMILES string of the molecule is CCCOC(=O)CC[S]. The van der Waals surface area contributed by atoms with Crippen molar-refractivity contribution < 1.29 is 9.53 Å². The molecule has 53 valence electrons. The number of hydrogen-bond acceptors (Lipinski definition) is 2. The Balaban J connectivity index is 3.06. The van der Waals surface area contributed by atoms with E-state index in [4.69, 9.17) is 4.74 Å². The number of carbonyl (C=O) groups excluding carboxylic acids is 1. The second-order valence-electron chi connectivity index (χ2n) is 1.67. The molecule has 0 unspecified atom stereocenters. The van der Waals surface area contributed by atoms with Gasteiger partial charge in [0.15, 0.2) is 0 Å². The first-order valence-corrected chi connectivity index (χ1v) is 3.62. The minimum Gasteiger partial charge on any atom is -0.466 e. The zero-order valence-corrected chi connectivity index (χ0v) is 6.37. The molecule has 0 aromatic carbocycles. The molecule has 0 rings (SSSR count). The highest BCUT2D eigenvalue weighted by Gasteiger charge is 1.97. The fourth-order valence-electron chi connectivity index (χ4n) is 0.371. The average Bonchev–Trinajstić information content (AvgIpc) is 1.85. The minimum atomic E-state index is -0.174. The van der Waals surface area contributed by atoms with Gasteiger partial charge in [-0.15, -0.1) is 0 Å². The molecule has 0 aromatic heterocycles. The lowest BCUT2D eigenvalue weighted by Gasteiger charge is -1.98. The van der Waals surface area contributed by atoms with Crippen LogP contribution >= 0.6 is 12.6 Å². The first-order chi connectivity index (χ1) is 4.31. The third-order valence-corrected chi connectivity index (χ3v) is 0.977. The molecule has 0 bridgehead atoms. The number of rotatable bonds is 4. The molecule has 0 spiro atoms. The first-order valence-electron chi connectivity index (χ1n) is 3.05. The summed E-state index contributed by atoms with van der Waals surface area (Å²) in [4.78, 5) is 10.5. The summed E-state index contributed by atoms with van der Waals surface area (Å²) in [5.74, 6) is 0.287. The predicted octanol–water partition coefficient (Wildman–Crippen LogP) is 1.53. The lowest BCUT2D eigenvalue weighted by Crippen LogP contribution is -2.05. The monoisotopic (exact) mass is 147 g/mol. The van der Waals surface area contributed by atoms with Crippen LogP contribution in [0, 0.1) is 0 Å². The maximum atomic E-state index is 10.5. The van der Waals surface area contributed by atoms with Gasteiger partial charge in [-0.1, -0.05) is 19.6 Å². The van der Waals surface area contributed by atoms with Crippen molar-refractivity contribution in [3.8, 4) is 0 Å². The van der Waals surface area contributed by atoms with Gasteiger partial charge in [-0.05, 0) is 6.42 Å². The van der Waals surface area contributed by atoms with Crippen LogP contribution < -0.4 is 0 Å². The number of ether oxygens (including phenoxy) is 1. The summed E-state index contributed by atoms with van der Waals surface area (Å²) in [5.41, 5.74) is 0. The van der Waals surface area contributed by atoms with E-state index in [9.17, 15) is 4.79 Å². The van der Waals surface area contributed by atoms with Gasteiger partial charge in [0.1, 0.15) is 0 Å². The molecular weight excluding hydrogens is 136 g/mol. The Morgan fingerprint density at radius 2 is 2.33 bits per heavy atom. The largest absolute Gasteiger partial charge is 0.466 e.